The molecule has 0 radical (unpaired) electrons. The number of methoxy groups -OCH3 is 1. The third kappa shape index (κ3) is 2.87. The maximum Gasteiger partial charge on any atom is 0.165 e. The van der Waals surface area contributed by atoms with Crippen molar-refractivity contribution in [3.63, 3.8) is 0 Å². The summed E-state index contributed by atoms with van der Waals surface area (Å²) in [7, 11) is 1.61. The Labute approximate surface area is 98.9 Å². The first-order valence-corrected chi connectivity index (χ1v) is 5.21. The summed E-state index contributed by atoms with van der Waals surface area (Å²) >= 11 is 0. The second-order valence-corrected chi connectivity index (χ2v) is 3.41. The van der Waals surface area contributed by atoms with Gasteiger partial charge in [-0.05, 0) is 12.1 Å². The van der Waals surface area contributed by atoms with Gasteiger partial charge in [-0.3, -0.25) is 0 Å². The van der Waals surface area contributed by atoms with Crippen LogP contribution >= 0.6 is 0 Å². The van der Waals surface area contributed by atoms with Crippen molar-refractivity contribution in [1.29, 1.82) is 0 Å². The molecule has 0 saturated heterocycles. The Bertz CT molecular complexity index is 484. The van der Waals surface area contributed by atoms with Gasteiger partial charge in [-0.25, -0.2) is 4.68 Å². The molecule has 1 heterocycles. The Morgan fingerprint density at radius 1 is 1.29 bits per heavy atom. The fourth-order valence-corrected chi connectivity index (χ4v) is 1.41. The second kappa shape index (κ2) is 5.20. The summed E-state index contributed by atoms with van der Waals surface area (Å²) in [5.74, 6) is 1.83. The van der Waals surface area contributed by atoms with Crippen LogP contribution in [0.5, 0.6) is 11.5 Å². The van der Waals surface area contributed by atoms with Crippen LogP contribution in [0.1, 0.15) is 0 Å². The largest absolute Gasteiger partial charge is 0.493 e. The molecule has 17 heavy (non-hydrogen) atoms. The normalized spacial score (nSPS) is 10.2. The molecule has 6 nitrogen and oxygen atoms in total. The maximum atomic E-state index is 5.59. The number of aromatic nitrogens is 3. The van der Waals surface area contributed by atoms with E-state index in [0.717, 1.165) is 0 Å². The third-order valence-electron chi connectivity index (χ3n) is 2.20. The first-order valence-electron chi connectivity index (χ1n) is 5.21. The molecule has 2 aromatic rings. The zero-order valence-corrected chi connectivity index (χ0v) is 9.54. The van der Waals surface area contributed by atoms with E-state index in [2.05, 4.69) is 10.3 Å². The molecule has 2 N–H and O–H groups in total. The van der Waals surface area contributed by atoms with E-state index < -0.39 is 0 Å². The number of nitrogen functional groups attached to an aromatic ring is 1. The van der Waals surface area contributed by atoms with Gasteiger partial charge < -0.3 is 15.2 Å². The molecule has 0 bridgehead atoms. The van der Waals surface area contributed by atoms with Crippen LogP contribution in [0.3, 0.4) is 0 Å². The highest BCUT2D eigenvalue weighted by atomic mass is 16.5. The molecule has 0 saturated carbocycles. The standard InChI is InChI=1S/C11H14N4O2/c1-16-9-4-2-3-5-10(9)17-7-6-15-8-11(12)13-14-15/h2-5,8H,6-7,12H2,1H3. The van der Waals surface area contributed by atoms with Crippen molar-refractivity contribution in [3.05, 3.63) is 30.5 Å². The predicted octanol–water partition coefficient (Wildman–Crippen LogP) is 0.948. The summed E-state index contributed by atoms with van der Waals surface area (Å²) in [4.78, 5) is 0. The number of para-hydroxylation sites is 2. The van der Waals surface area contributed by atoms with Crippen LogP contribution in [0.4, 0.5) is 5.82 Å². The summed E-state index contributed by atoms with van der Waals surface area (Å²) in [5, 5.41) is 7.51. The first-order chi connectivity index (χ1) is 8.29. The quantitative estimate of drug-likeness (QED) is 0.833. The number of hydrogen-bond donors (Lipinski definition) is 1. The van der Waals surface area contributed by atoms with E-state index in [1.54, 1.807) is 18.0 Å². The van der Waals surface area contributed by atoms with E-state index in [1.165, 1.54) is 0 Å². The third-order valence-corrected chi connectivity index (χ3v) is 2.20. The molecule has 0 unspecified atom stereocenters. The Kier molecular flexibility index (Phi) is 3.44. The topological polar surface area (TPSA) is 75.2 Å². The fraction of sp³-hybridized carbons (Fsp3) is 0.273. The first kappa shape index (κ1) is 11.3. The van der Waals surface area contributed by atoms with Gasteiger partial charge in [-0.15, -0.1) is 5.10 Å². The van der Waals surface area contributed by atoms with E-state index in [-0.39, 0.29) is 0 Å². The smallest absolute Gasteiger partial charge is 0.165 e. The van der Waals surface area contributed by atoms with Gasteiger partial charge in [0.15, 0.2) is 17.3 Å². The maximum absolute atomic E-state index is 5.59. The Hall–Kier alpha value is -2.24. The van der Waals surface area contributed by atoms with Crippen LogP contribution in [0.2, 0.25) is 0 Å². The molecule has 0 aliphatic rings. The van der Waals surface area contributed by atoms with Crippen LogP contribution in [0, 0.1) is 0 Å². The molecule has 0 aliphatic heterocycles. The number of nitrogens with zero attached hydrogens (tertiary/aromatic N) is 3. The Morgan fingerprint density at radius 2 is 2.06 bits per heavy atom. The summed E-state index contributed by atoms with van der Waals surface area (Å²) in [6.45, 7) is 1.06. The monoisotopic (exact) mass is 234 g/mol. The minimum Gasteiger partial charge on any atom is -0.493 e. The van der Waals surface area contributed by atoms with E-state index in [9.17, 15) is 0 Å². The molecular formula is C11H14N4O2. The van der Waals surface area contributed by atoms with Crippen molar-refractivity contribution in [2.75, 3.05) is 19.5 Å². The summed E-state index contributed by atoms with van der Waals surface area (Å²) in [6.07, 6.45) is 1.66. The summed E-state index contributed by atoms with van der Waals surface area (Å²) < 4.78 is 12.4. The number of anilines is 1. The fourth-order valence-electron chi connectivity index (χ4n) is 1.41. The lowest BCUT2D eigenvalue weighted by atomic mass is 10.3. The number of ether oxygens (including phenoxy) is 2. The number of nitrogens with two attached hydrogens (primary N) is 1. The Morgan fingerprint density at radius 3 is 2.71 bits per heavy atom. The van der Waals surface area contributed by atoms with Gasteiger partial charge in [0.25, 0.3) is 0 Å². The van der Waals surface area contributed by atoms with Crippen LogP contribution in [0.15, 0.2) is 30.5 Å². The van der Waals surface area contributed by atoms with Gasteiger partial charge in [0.2, 0.25) is 0 Å². The van der Waals surface area contributed by atoms with Gasteiger partial charge in [-0.2, -0.15) is 0 Å². The number of hydrogen-bond acceptors (Lipinski definition) is 5. The highest BCUT2D eigenvalue weighted by Crippen LogP contribution is 2.25. The minimum atomic E-state index is 0.405. The molecule has 0 fully saturated rings. The average Bonchev–Trinajstić information content (AvgIpc) is 2.76. The van der Waals surface area contributed by atoms with E-state index >= 15 is 0 Å². The van der Waals surface area contributed by atoms with Gasteiger partial charge in [0.05, 0.1) is 19.9 Å². The zero-order chi connectivity index (χ0) is 12.1. The minimum absolute atomic E-state index is 0.405. The lowest BCUT2D eigenvalue weighted by Crippen LogP contribution is -2.09. The van der Waals surface area contributed by atoms with Crippen molar-refractivity contribution in [2.24, 2.45) is 0 Å². The zero-order valence-electron chi connectivity index (χ0n) is 9.54. The predicted molar refractivity (Wildman–Crippen MR) is 62.9 cm³/mol. The number of rotatable bonds is 5. The molecule has 0 aliphatic carbocycles. The van der Waals surface area contributed by atoms with Crippen molar-refractivity contribution < 1.29 is 9.47 Å². The van der Waals surface area contributed by atoms with E-state index in [0.29, 0.717) is 30.5 Å². The molecule has 0 spiro atoms. The summed E-state index contributed by atoms with van der Waals surface area (Å²) in [6, 6.07) is 7.49. The van der Waals surface area contributed by atoms with Crippen LogP contribution in [0.25, 0.3) is 0 Å². The highest BCUT2D eigenvalue weighted by Gasteiger charge is 2.02. The van der Waals surface area contributed by atoms with Gasteiger partial charge >= 0.3 is 0 Å². The molecule has 2 rings (SSSR count). The lowest BCUT2D eigenvalue weighted by Gasteiger charge is -2.09. The molecule has 0 amide bonds. The number of benzene rings is 1. The molecule has 6 heteroatoms. The lowest BCUT2D eigenvalue weighted by molar-refractivity contribution is 0.273. The van der Waals surface area contributed by atoms with Gasteiger partial charge in [-0.1, -0.05) is 17.3 Å². The van der Waals surface area contributed by atoms with Crippen molar-refractivity contribution in [3.8, 4) is 11.5 Å². The second-order valence-electron chi connectivity index (χ2n) is 3.41. The molecule has 1 aromatic carbocycles. The van der Waals surface area contributed by atoms with Crippen molar-refractivity contribution in [1.82, 2.24) is 15.0 Å². The van der Waals surface area contributed by atoms with Crippen LogP contribution < -0.4 is 15.2 Å². The van der Waals surface area contributed by atoms with Crippen molar-refractivity contribution in [2.45, 2.75) is 6.54 Å². The van der Waals surface area contributed by atoms with E-state index in [1.807, 2.05) is 24.3 Å². The van der Waals surface area contributed by atoms with Crippen molar-refractivity contribution >= 4 is 5.82 Å². The molecular weight excluding hydrogens is 220 g/mol. The van der Waals surface area contributed by atoms with Gasteiger partial charge in [0.1, 0.15) is 6.61 Å². The molecule has 90 valence electrons. The molecule has 0 atom stereocenters. The molecule has 1 aromatic heterocycles. The summed E-state index contributed by atoms with van der Waals surface area (Å²) in [5.41, 5.74) is 5.45. The van der Waals surface area contributed by atoms with Crippen LogP contribution in [-0.2, 0) is 6.54 Å². The van der Waals surface area contributed by atoms with E-state index in [4.69, 9.17) is 15.2 Å². The Balaban J connectivity index is 1.89. The average molecular weight is 234 g/mol. The van der Waals surface area contributed by atoms with Gasteiger partial charge in [0, 0.05) is 0 Å². The van der Waals surface area contributed by atoms with Crippen LogP contribution in [-0.4, -0.2) is 28.7 Å². The highest BCUT2D eigenvalue weighted by molar-refractivity contribution is 5.39. The SMILES string of the molecule is COc1ccccc1OCCn1cc(N)nn1.